The van der Waals surface area contributed by atoms with E-state index >= 15 is 0 Å². The molecule has 0 radical (unpaired) electrons. The molecule has 0 aromatic heterocycles. The number of methoxy groups -OCH3 is 2. The Morgan fingerprint density at radius 2 is 2.13 bits per heavy atom. The smallest absolute Gasteiger partial charge is 0.341 e. The SMILES string of the molecule is COC(=O)c1ccc(CSC)cc1OC. The summed E-state index contributed by atoms with van der Waals surface area (Å²) in [4.78, 5) is 11.4. The molecule has 0 saturated carbocycles. The Hall–Kier alpha value is -1.16. The van der Waals surface area contributed by atoms with Crippen LogP contribution in [0.2, 0.25) is 0 Å². The van der Waals surface area contributed by atoms with Crippen molar-refractivity contribution in [3.8, 4) is 5.75 Å². The summed E-state index contributed by atoms with van der Waals surface area (Å²) < 4.78 is 9.80. The minimum Gasteiger partial charge on any atom is -0.496 e. The van der Waals surface area contributed by atoms with E-state index in [2.05, 4.69) is 4.74 Å². The van der Waals surface area contributed by atoms with E-state index in [0.29, 0.717) is 11.3 Å². The fourth-order valence-corrected chi connectivity index (χ4v) is 1.78. The second kappa shape index (κ2) is 5.66. The lowest BCUT2D eigenvalue weighted by atomic mass is 10.1. The van der Waals surface area contributed by atoms with Crippen LogP contribution in [0, 0.1) is 0 Å². The van der Waals surface area contributed by atoms with Gasteiger partial charge in [-0.15, -0.1) is 0 Å². The zero-order valence-electron chi connectivity index (χ0n) is 9.07. The monoisotopic (exact) mass is 226 g/mol. The van der Waals surface area contributed by atoms with Crippen LogP contribution in [0.4, 0.5) is 0 Å². The Balaban J connectivity index is 3.03. The van der Waals surface area contributed by atoms with Crippen LogP contribution in [0.3, 0.4) is 0 Å². The van der Waals surface area contributed by atoms with Gasteiger partial charge in [-0.2, -0.15) is 11.8 Å². The number of esters is 1. The first-order valence-corrected chi connectivity index (χ1v) is 5.86. The highest BCUT2D eigenvalue weighted by atomic mass is 32.2. The van der Waals surface area contributed by atoms with Gasteiger partial charge >= 0.3 is 5.97 Å². The lowest BCUT2D eigenvalue weighted by Crippen LogP contribution is -2.04. The molecule has 0 aliphatic heterocycles. The second-order valence-corrected chi connectivity index (χ2v) is 3.83. The molecule has 82 valence electrons. The van der Waals surface area contributed by atoms with Gasteiger partial charge in [0.15, 0.2) is 0 Å². The lowest BCUT2D eigenvalue weighted by molar-refractivity contribution is 0.0597. The van der Waals surface area contributed by atoms with E-state index in [1.165, 1.54) is 7.11 Å². The number of hydrogen-bond acceptors (Lipinski definition) is 4. The summed E-state index contributed by atoms with van der Waals surface area (Å²) in [5.74, 6) is 1.09. The summed E-state index contributed by atoms with van der Waals surface area (Å²) in [5, 5.41) is 0. The standard InChI is InChI=1S/C11H14O3S/c1-13-10-6-8(7-15-3)4-5-9(10)11(12)14-2/h4-6H,7H2,1-3H3. The van der Waals surface area contributed by atoms with Crippen LogP contribution in [0.25, 0.3) is 0 Å². The van der Waals surface area contributed by atoms with E-state index in [4.69, 9.17) is 4.74 Å². The molecular formula is C11H14O3S. The number of carbonyl (C=O) groups excluding carboxylic acids is 1. The fraction of sp³-hybridized carbons (Fsp3) is 0.364. The van der Waals surface area contributed by atoms with Gasteiger partial charge in [0.1, 0.15) is 11.3 Å². The van der Waals surface area contributed by atoms with Gasteiger partial charge in [-0.25, -0.2) is 4.79 Å². The maximum atomic E-state index is 11.4. The van der Waals surface area contributed by atoms with Crippen molar-refractivity contribution in [3.05, 3.63) is 29.3 Å². The van der Waals surface area contributed by atoms with Gasteiger partial charge in [-0.3, -0.25) is 0 Å². The van der Waals surface area contributed by atoms with Crippen LogP contribution in [0.15, 0.2) is 18.2 Å². The average molecular weight is 226 g/mol. The van der Waals surface area contributed by atoms with Crippen LogP contribution in [-0.4, -0.2) is 26.4 Å². The number of hydrogen-bond donors (Lipinski definition) is 0. The van der Waals surface area contributed by atoms with Crippen molar-refractivity contribution in [2.45, 2.75) is 5.75 Å². The van der Waals surface area contributed by atoms with Gasteiger partial charge in [0.25, 0.3) is 0 Å². The molecule has 0 saturated heterocycles. The zero-order valence-corrected chi connectivity index (χ0v) is 9.89. The summed E-state index contributed by atoms with van der Waals surface area (Å²) >= 11 is 1.72. The minimum atomic E-state index is -0.373. The fourth-order valence-electron chi connectivity index (χ4n) is 1.27. The van der Waals surface area contributed by atoms with Crippen molar-refractivity contribution in [1.82, 2.24) is 0 Å². The highest BCUT2D eigenvalue weighted by Gasteiger charge is 2.12. The van der Waals surface area contributed by atoms with Gasteiger partial charge in [-0.05, 0) is 24.0 Å². The van der Waals surface area contributed by atoms with E-state index < -0.39 is 0 Å². The number of thioether (sulfide) groups is 1. The Labute approximate surface area is 93.8 Å². The number of carbonyl (C=O) groups is 1. The molecule has 1 aromatic carbocycles. The van der Waals surface area contributed by atoms with Gasteiger partial charge in [0.05, 0.1) is 14.2 Å². The molecule has 0 unspecified atom stereocenters. The summed E-state index contributed by atoms with van der Waals surface area (Å²) in [6.07, 6.45) is 2.03. The van der Waals surface area contributed by atoms with Crippen molar-refractivity contribution in [2.24, 2.45) is 0 Å². The van der Waals surface area contributed by atoms with Gasteiger partial charge in [-0.1, -0.05) is 6.07 Å². The van der Waals surface area contributed by atoms with Crippen LogP contribution >= 0.6 is 11.8 Å². The van der Waals surface area contributed by atoms with Crippen LogP contribution < -0.4 is 4.74 Å². The predicted molar refractivity (Wildman–Crippen MR) is 61.6 cm³/mol. The minimum absolute atomic E-state index is 0.373. The van der Waals surface area contributed by atoms with Crippen LogP contribution in [-0.2, 0) is 10.5 Å². The molecule has 0 atom stereocenters. The Bertz CT molecular complexity index is 350. The Morgan fingerprint density at radius 3 is 2.67 bits per heavy atom. The summed E-state index contributed by atoms with van der Waals surface area (Å²) in [7, 11) is 2.90. The molecule has 0 bridgehead atoms. The molecule has 0 aliphatic rings. The quantitative estimate of drug-likeness (QED) is 0.738. The molecule has 15 heavy (non-hydrogen) atoms. The first-order valence-electron chi connectivity index (χ1n) is 4.47. The maximum absolute atomic E-state index is 11.4. The van der Waals surface area contributed by atoms with Crippen molar-refractivity contribution in [2.75, 3.05) is 20.5 Å². The molecule has 1 rings (SSSR count). The van der Waals surface area contributed by atoms with Gasteiger partial charge in [0.2, 0.25) is 0 Å². The van der Waals surface area contributed by atoms with E-state index in [-0.39, 0.29) is 5.97 Å². The topological polar surface area (TPSA) is 35.5 Å². The largest absolute Gasteiger partial charge is 0.496 e. The molecule has 0 amide bonds. The van der Waals surface area contributed by atoms with Crippen molar-refractivity contribution in [3.63, 3.8) is 0 Å². The third-order valence-electron chi connectivity index (χ3n) is 1.98. The molecule has 0 fully saturated rings. The van der Waals surface area contributed by atoms with Crippen LogP contribution in [0.1, 0.15) is 15.9 Å². The summed E-state index contributed by atoms with van der Waals surface area (Å²) in [6.45, 7) is 0. The number of benzene rings is 1. The highest BCUT2D eigenvalue weighted by molar-refractivity contribution is 7.97. The molecule has 0 N–H and O–H groups in total. The molecule has 3 nitrogen and oxygen atoms in total. The van der Waals surface area contributed by atoms with E-state index in [0.717, 1.165) is 11.3 Å². The van der Waals surface area contributed by atoms with Crippen molar-refractivity contribution >= 4 is 17.7 Å². The van der Waals surface area contributed by atoms with Crippen molar-refractivity contribution in [1.29, 1.82) is 0 Å². The maximum Gasteiger partial charge on any atom is 0.341 e. The van der Waals surface area contributed by atoms with Crippen molar-refractivity contribution < 1.29 is 14.3 Å². The number of rotatable bonds is 4. The molecular weight excluding hydrogens is 212 g/mol. The summed E-state index contributed by atoms with van der Waals surface area (Å²) in [5.41, 5.74) is 1.59. The van der Waals surface area contributed by atoms with Crippen LogP contribution in [0.5, 0.6) is 5.75 Å². The average Bonchev–Trinajstić information content (AvgIpc) is 2.28. The first kappa shape index (κ1) is 11.9. The molecule has 0 aliphatic carbocycles. The first-order chi connectivity index (χ1) is 7.22. The lowest BCUT2D eigenvalue weighted by Gasteiger charge is -2.08. The highest BCUT2D eigenvalue weighted by Crippen LogP contribution is 2.22. The molecule has 0 spiro atoms. The third-order valence-corrected chi connectivity index (χ3v) is 2.60. The predicted octanol–water partition coefficient (Wildman–Crippen LogP) is 2.34. The molecule has 0 heterocycles. The zero-order chi connectivity index (χ0) is 11.3. The van der Waals surface area contributed by atoms with Gasteiger partial charge in [0, 0.05) is 5.75 Å². The Kier molecular flexibility index (Phi) is 4.49. The Morgan fingerprint density at radius 1 is 1.40 bits per heavy atom. The van der Waals surface area contributed by atoms with Gasteiger partial charge < -0.3 is 9.47 Å². The van der Waals surface area contributed by atoms with E-state index in [1.807, 2.05) is 18.4 Å². The summed E-state index contributed by atoms with van der Waals surface area (Å²) in [6, 6.07) is 5.50. The molecule has 4 heteroatoms. The second-order valence-electron chi connectivity index (χ2n) is 2.96. The van der Waals surface area contributed by atoms with E-state index in [9.17, 15) is 4.79 Å². The van der Waals surface area contributed by atoms with E-state index in [1.54, 1.807) is 24.9 Å². The molecule has 1 aromatic rings. The normalized spacial score (nSPS) is 9.80. The number of ether oxygens (including phenoxy) is 2. The third kappa shape index (κ3) is 2.89.